The zero-order valence-electron chi connectivity index (χ0n) is 9.00. The van der Waals surface area contributed by atoms with E-state index in [2.05, 4.69) is 23.1 Å². The first kappa shape index (κ1) is 13.0. The maximum absolute atomic E-state index is 4.10. The Labute approximate surface area is 91.5 Å². The van der Waals surface area contributed by atoms with E-state index in [9.17, 15) is 0 Å². The molecule has 0 atom stereocenters. The molecule has 0 spiro atoms. The van der Waals surface area contributed by atoms with Crippen LogP contribution in [0.5, 0.6) is 0 Å². The Morgan fingerprint density at radius 3 is 2.53 bits per heavy atom. The molecule has 0 aromatic carbocycles. The van der Waals surface area contributed by atoms with Crippen molar-refractivity contribution in [3.05, 3.63) is 61.5 Å². The summed E-state index contributed by atoms with van der Waals surface area (Å²) in [4.78, 5) is 8.16. The van der Waals surface area contributed by atoms with Gasteiger partial charge < -0.3 is 0 Å². The first-order valence-electron chi connectivity index (χ1n) is 4.64. The Morgan fingerprint density at radius 2 is 1.93 bits per heavy atom. The number of allylic oxidation sites excluding steroid dienone is 7. The number of rotatable bonds is 6. The van der Waals surface area contributed by atoms with E-state index >= 15 is 0 Å². The minimum absolute atomic E-state index is 0.732. The van der Waals surface area contributed by atoms with Crippen LogP contribution in [0.3, 0.4) is 0 Å². The molecule has 15 heavy (non-hydrogen) atoms. The van der Waals surface area contributed by atoms with Crippen molar-refractivity contribution >= 4 is 12.4 Å². The molecule has 0 aromatic heterocycles. The average Bonchev–Trinajstić information content (AvgIpc) is 2.25. The van der Waals surface area contributed by atoms with Crippen LogP contribution in [-0.4, -0.2) is 12.4 Å². The van der Waals surface area contributed by atoms with Gasteiger partial charge in [-0.15, -0.1) is 0 Å². The normalized spacial score (nSPS) is 13.5. The third-order valence-corrected chi connectivity index (χ3v) is 1.30. The van der Waals surface area contributed by atoms with E-state index in [0.29, 0.717) is 0 Å². The second-order valence-corrected chi connectivity index (χ2v) is 2.49. The predicted octanol–water partition coefficient (Wildman–Crippen LogP) is 3.47. The zero-order valence-corrected chi connectivity index (χ0v) is 9.00. The van der Waals surface area contributed by atoms with Crippen molar-refractivity contribution in [3.63, 3.8) is 0 Å². The summed E-state index contributed by atoms with van der Waals surface area (Å²) >= 11 is 0. The molecule has 0 amide bonds. The van der Waals surface area contributed by atoms with Gasteiger partial charge in [-0.2, -0.15) is 0 Å². The number of hydrogen-bond acceptors (Lipinski definition) is 2. The highest BCUT2D eigenvalue weighted by atomic mass is 14.8. The Kier molecular flexibility index (Phi) is 8.80. The third-order valence-electron chi connectivity index (χ3n) is 1.30. The van der Waals surface area contributed by atoms with E-state index in [0.717, 1.165) is 5.70 Å². The van der Waals surface area contributed by atoms with Crippen molar-refractivity contribution in [3.8, 4) is 0 Å². The summed E-state index contributed by atoms with van der Waals surface area (Å²) in [5.41, 5.74) is 0.732. The quantitative estimate of drug-likeness (QED) is 0.463. The van der Waals surface area contributed by atoms with E-state index in [1.165, 1.54) is 0 Å². The summed E-state index contributed by atoms with van der Waals surface area (Å²) < 4.78 is 0. The van der Waals surface area contributed by atoms with Gasteiger partial charge >= 0.3 is 0 Å². The van der Waals surface area contributed by atoms with Crippen LogP contribution in [0.4, 0.5) is 0 Å². The lowest BCUT2D eigenvalue weighted by Crippen LogP contribution is -1.79. The Bertz CT molecular complexity index is 328. The monoisotopic (exact) mass is 200 g/mol. The van der Waals surface area contributed by atoms with Gasteiger partial charge in [-0.1, -0.05) is 37.5 Å². The second-order valence-electron chi connectivity index (χ2n) is 2.49. The molecule has 0 aliphatic heterocycles. The number of aliphatic imine (C=N–C) groups is 2. The van der Waals surface area contributed by atoms with Crippen LogP contribution in [-0.2, 0) is 0 Å². The summed E-state index contributed by atoms with van der Waals surface area (Å²) in [7, 11) is 0. The molecule has 0 heterocycles. The molecular weight excluding hydrogens is 184 g/mol. The minimum atomic E-state index is 0.732. The van der Waals surface area contributed by atoms with Gasteiger partial charge in [-0.25, -0.2) is 0 Å². The molecule has 0 bridgehead atoms. The molecule has 0 radical (unpaired) electrons. The van der Waals surface area contributed by atoms with Crippen LogP contribution in [0.2, 0.25) is 0 Å². The molecule has 0 fully saturated rings. The van der Waals surface area contributed by atoms with E-state index in [1.807, 2.05) is 25.2 Å². The fourth-order valence-electron chi connectivity index (χ4n) is 0.709. The Balaban J connectivity index is 4.41. The van der Waals surface area contributed by atoms with Gasteiger partial charge in [0.2, 0.25) is 0 Å². The summed E-state index contributed by atoms with van der Waals surface area (Å²) in [6, 6.07) is 0. The summed E-state index contributed by atoms with van der Waals surface area (Å²) in [6.07, 6.45) is 15.7. The molecule has 0 aliphatic carbocycles. The Hall–Kier alpha value is -1.96. The smallest absolute Gasteiger partial charge is 0.0812 e. The average molecular weight is 200 g/mol. The molecule has 0 saturated carbocycles. The highest BCUT2D eigenvalue weighted by Gasteiger charge is 1.82. The molecule has 0 aromatic rings. The van der Waals surface area contributed by atoms with E-state index < -0.39 is 0 Å². The summed E-state index contributed by atoms with van der Waals surface area (Å²) in [5, 5.41) is 0. The molecule has 0 N–H and O–H groups in total. The lowest BCUT2D eigenvalue weighted by atomic mass is 10.4. The first-order valence-corrected chi connectivity index (χ1v) is 4.64. The molecule has 0 saturated heterocycles. The summed E-state index contributed by atoms with van der Waals surface area (Å²) in [5.74, 6) is 0. The minimum Gasteiger partial charge on any atom is -0.262 e. The lowest BCUT2D eigenvalue weighted by Gasteiger charge is -1.88. The van der Waals surface area contributed by atoms with Crippen LogP contribution in [0.1, 0.15) is 6.92 Å². The van der Waals surface area contributed by atoms with E-state index in [4.69, 9.17) is 0 Å². The SMILES string of the molecule is C=CC=NC(=C\C=C)/C=N/C=C\C=C/C. The molecule has 78 valence electrons. The van der Waals surface area contributed by atoms with Crippen LogP contribution >= 0.6 is 0 Å². The van der Waals surface area contributed by atoms with Crippen LogP contribution in [0.25, 0.3) is 0 Å². The molecular formula is C13H16N2. The van der Waals surface area contributed by atoms with Gasteiger partial charge in [0.05, 0.1) is 11.9 Å². The van der Waals surface area contributed by atoms with Gasteiger partial charge in [0, 0.05) is 12.4 Å². The fourth-order valence-corrected chi connectivity index (χ4v) is 0.709. The van der Waals surface area contributed by atoms with Crippen molar-refractivity contribution in [1.29, 1.82) is 0 Å². The lowest BCUT2D eigenvalue weighted by molar-refractivity contribution is 1.47. The van der Waals surface area contributed by atoms with E-state index in [-0.39, 0.29) is 0 Å². The van der Waals surface area contributed by atoms with Crippen molar-refractivity contribution < 1.29 is 0 Å². The molecule has 2 heteroatoms. The van der Waals surface area contributed by atoms with Crippen LogP contribution in [0, 0.1) is 0 Å². The highest BCUT2D eigenvalue weighted by molar-refractivity contribution is 5.83. The topological polar surface area (TPSA) is 24.7 Å². The second kappa shape index (κ2) is 10.1. The van der Waals surface area contributed by atoms with Gasteiger partial charge in [-0.05, 0) is 19.1 Å². The largest absolute Gasteiger partial charge is 0.262 e. The van der Waals surface area contributed by atoms with Gasteiger partial charge in [0.1, 0.15) is 0 Å². The van der Waals surface area contributed by atoms with Crippen LogP contribution in [0.15, 0.2) is 71.5 Å². The molecule has 0 aliphatic rings. The molecule has 0 unspecified atom stereocenters. The number of hydrogen-bond donors (Lipinski definition) is 0. The van der Waals surface area contributed by atoms with Gasteiger partial charge in [0.15, 0.2) is 0 Å². The van der Waals surface area contributed by atoms with Crippen molar-refractivity contribution in [1.82, 2.24) is 0 Å². The maximum atomic E-state index is 4.10. The Morgan fingerprint density at radius 1 is 1.13 bits per heavy atom. The zero-order chi connectivity index (χ0) is 11.4. The highest BCUT2D eigenvalue weighted by Crippen LogP contribution is 1.93. The molecule has 2 nitrogen and oxygen atoms in total. The van der Waals surface area contributed by atoms with Crippen molar-refractivity contribution in [2.24, 2.45) is 9.98 Å². The van der Waals surface area contributed by atoms with Crippen LogP contribution < -0.4 is 0 Å². The number of nitrogens with zero attached hydrogens (tertiary/aromatic N) is 2. The first-order chi connectivity index (χ1) is 7.35. The van der Waals surface area contributed by atoms with Gasteiger partial charge in [0.25, 0.3) is 0 Å². The predicted molar refractivity (Wildman–Crippen MR) is 69.4 cm³/mol. The third kappa shape index (κ3) is 8.37. The van der Waals surface area contributed by atoms with Gasteiger partial charge in [-0.3, -0.25) is 9.98 Å². The van der Waals surface area contributed by atoms with Crippen molar-refractivity contribution in [2.45, 2.75) is 6.92 Å². The summed E-state index contributed by atoms with van der Waals surface area (Å²) in [6.45, 7) is 9.09. The van der Waals surface area contributed by atoms with E-state index in [1.54, 1.807) is 36.9 Å². The standard InChI is InChI=1S/C13H16N2/c1-4-7-8-11-14-12-13(9-5-2)15-10-6-3/h4-12H,2-3H2,1H3/b7-4-,11-8-,13-9-,14-12+,15-10?. The maximum Gasteiger partial charge on any atom is 0.0812 e. The van der Waals surface area contributed by atoms with Crippen molar-refractivity contribution in [2.75, 3.05) is 0 Å². The molecule has 0 rings (SSSR count). The fraction of sp³-hybridized carbons (Fsp3) is 0.0769.